The number of aryl methyl sites for hydroxylation is 2. The van der Waals surface area contributed by atoms with Gasteiger partial charge in [-0.25, -0.2) is 0 Å². The third-order valence-corrected chi connectivity index (χ3v) is 14.8. The lowest BCUT2D eigenvalue weighted by atomic mass is 9.54. The molecule has 0 bridgehead atoms. The molecule has 0 saturated heterocycles. The summed E-state index contributed by atoms with van der Waals surface area (Å²) in [5.41, 5.74) is 6.46. The molecular formula is C62H68O10. The van der Waals surface area contributed by atoms with Gasteiger partial charge in [-0.3, -0.25) is 28.8 Å². The van der Waals surface area contributed by atoms with Gasteiger partial charge in [0.2, 0.25) is 0 Å². The van der Waals surface area contributed by atoms with Crippen LogP contribution in [-0.4, -0.2) is 61.9 Å². The van der Waals surface area contributed by atoms with E-state index in [1.807, 2.05) is 165 Å². The minimum absolute atomic E-state index is 0.0235. The molecule has 0 saturated carbocycles. The number of carbonyl (C=O) groups excluding carboxylic acids is 6. The fourth-order valence-electron chi connectivity index (χ4n) is 11.8. The average Bonchev–Trinajstić information content (AvgIpc) is 3.70. The molecule has 0 unspecified atom stereocenters. The predicted molar refractivity (Wildman–Crippen MR) is 280 cm³/mol. The van der Waals surface area contributed by atoms with E-state index in [0.29, 0.717) is 11.1 Å². The van der Waals surface area contributed by atoms with Crippen LogP contribution in [0.25, 0.3) is 22.3 Å². The first-order chi connectivity index (χ1) is 34.2. The van der Waals surface area contributed by atoms with Crippen LogP contribution in [0.4, 0.5) is 0 Å². The molecule has 0 aromatic heterocycles. The van der Waals surface area contributed by atoms with Crippen LogP contribution in [0.5, 0.6) is 0 Å². The van der Waals surface area contributed by atoms with Gasteiger partial charge in [0, 0.05) is 23.0 Å². The summed E-state index contributed by atoms with van der Waals surface area (Å²) in [6.07, 6.45) is 3.87. The quantitative estimate of drug-likeness (QED) is 0.0583. The Morgan fingerprint density at radius 3 is 1.01 bits per heavy atom. The summed E-state index contributed by atoms with van der Waals surface area (Å²) in [4.78, 5) is 83.5. The Kier molecular flexibility index (Phi) is 15.2. The van der Waals surface area contributed by atoms with E-state index in [1.54, 1.807) is 27.7 Å². The molecule has 0 aliphatic heterocycles. The maximum absolute atomic E-state index is 14.0. The van der Waals surface area contributed by atoms with Gasteiger partial charge in [-0.15, -0.1) is 0 Å². The monoisotopic (exact) mass is 972 g/mol. The number of esters is 4. The van der Waals surface area contributed by atoms with Crippen molar-refractivity contribution in [1.29, 1.82) is 0 Å². The number of hydrogen-bond donors (Lipinski definition) is 0. The van der Waals surface area contributed by atoms with Crippen LogP contribution in [0.15, 0.2) is 120 Å². The molecule has 0 heterocycles. The zero-order valence-electron chi connectivity index (χ0n) is 43.9. The maximum atomic E-state index is 14.0. The average molecular weight is 973 g/mol. The molecule has 4 aliphatic rings. The largest absolute Gasteiger partial charge is 0.465 e. The summed E-state index contributed by atoms with van der Waals surface area (Å²) >= 11 is 0. The van der Waals surface area contributed by atoms with Crippen molar-refractivity contribution in [3.63, 3.8) is 0 Å². The Labute approximate surface area is 424 Å². The van der Waals surface area contributed by atoms with Crippen molar-refractivity contribution in [1.82, 2.24) is 0 Å². The Balaban J connectivity index is 0.000000211. The molecule has 0 spiro atoms. The molecule has 72 heavy (non-hydrogen) atoms. The molecule has 10 nitrogen and oxygen atoms in total. The molecule has 0 fully saturated rings. The normalized spacial score (nSPS) is 21.9. The minimum atomic E-state index is -1.71. The second-order valence-electron chi connectivity index (χ2n) is 20.3. The number of fused-ring (bicyclic) bond motifs is 6. The van der Waals surface area contributed by atoms with Crippen molar-refractivity contribution in [3.05, 3.63) is 165 Å². The lowest BCUT2D eigenvalue weighted by molar-refractivity contribution is -0.178. The van der Waals surface area contributed by atoms with Gasteiger partial charge in [-0.05, 0) is 140 Å². The topological polar surface area (TPSA) is 139 Å². The summed E-state index contributed by atoms with van der Waals surface area (Å²) in [5.74, 6) is -4.15. The summed E-state index contributed by atoms with van der Waals surface area (Å²) in [6, 6.07) is 31.2. The summed E-state index contributed by atoms with van der Waals surface area (Å²) in [7, 11) is 0. The molecule has 0 radical (unpaired) electrons. The van der Waals surface area contributed by atoms with Crippen molar-refractivity contribution in [2.75, 3.05) is 26.4 Å². The van der Waals surface area contributed by atoms with Crippen LogP contribution in [0.1, 0.15) is 136 Å². The predicted octanol–water partition coefficient (Wildman–Crippen LogP) is 12.4. The fourth-order valence-corrected chi connectivity index (χ4v) is 11.8. The van der Waals surface area contributed by atoms with Crippen LogP contribution in [-0.2, 0) is 38.1 Å². The van der Waals surface area contributed by atoms with Crippen molar-refractivity contribution >= 4 is 57.7 Å². The van der Waals surface area contributed by atoms with Gasteiger partial charge in [0.15, 0.2) is 22.4 Å². The molecule has 4 aliphatic carbocycles. The van der Waals surface area contributed by atoms with Gasteiger partial charge in [0.1, 0.15) is 0 Å². The zero-order valence-corrected chi connectivity index (χ0v) is 43.9. The molecular weight excluding hydrogens is 905 g/mol. The lowest BCUT2D eigenvalue weighted by Crippen LogP contribution is -2.54. The summed E-state index contributed by atoms with van der Waals surface area (Å²) < 4.78 is 22.3. The number of allylic oxidation sites excluding steroid dienone is 8. The maximum Gasteiger partial charge on any atom is 0.324 e. The van der Waals surface area contributed by atoms with Gasteiger partial charge < -0.3 is 18.9 Å². The highest BCUT2D eigenvalue weighted by molar-refractivity contribution is 6.25. The number of benzene rings is 4. The van der Waals surface area contributed by atoms with Crippen LogP contribution in [0.2, 0.25) is 0 Å². The first-order valence-electron chi connectivity index (χ1n) is 25.1. The SMILES string of the molecule is CCOC(=O)C1(C(=O)OCC)C[C@@]2(C)C(=O)c3ccccc3C2=C(c2ccc(C)cc2)[C@@H]1C=C(C)C.CCOC(=O)C1(C(=O)OCC)C[C@@]2(C)C(=O)c3ccccc3C2=C(c2ccc(C)cc2)[C@@H]1C=C(C)C. The lowest BCUT2D eigenvalue weighted by Gasteiger charge is -2.47. The number of rotatable bonds is 12. The molecule has 0 N–H and O–H groups in total. The van der Waals surface area contributed by atoms with E-state index in [9.17, 15) is 28.8 Å². The zero-order chi connectivity index (χ0) is 52.5. The van der Waals surface area contributed by atoms with E-state index >= 15 is 0 Å². The first kappa shape index (κ1) is 52.9. The van der Waals surface area contributed by atoms with Gasteiger partial charge in [0.25, 0.3) is 0 Å². The Hall–Kier alpha value is -6.94. The van der Waals surface area contributed by atoms with Gasteiger partial charge in [0.05, 0.1) is 37.3 Å². The second-order valence-corrected chi connectivity index (χ2v) is 20.3. The molecule has 8 rings (SSSR count). The summed E-state index contributed by atoms with van der Waals surface area (Å²) in [6.45, 7) is 22.8. The smallest absolute Gasteiger partial charge is 0.324 e. The molecule has 4 atom stereocenters. The number of ketones is 2. The second kappa shape index (κ2) is 20.7. The Bertz CT molecular complexity index is 2720. The van der Waals surface area contributed by atoms with Crippen molar-refractivity contribution in [3.8, 4) is 0 Å². The number of carbonyl (C=O) groups is 6. The van der Waals surface area contributed by atoms with Crippen molar-refractivity contribution in [2.24, 2.45) is 33.5 Å². The van der Waals surface area contributed by atoms with E-state index in [-0.39, 0.29) is 50.8 Å². The molecule has 4 aromatic carbocycles. The van der Waals surface area contributed by atoms with E-state index in [2.05, 4.69) is 0 Å². The third kappa shape index (κ3) is 8.70. The highest BCUT2D eigenvalue weighted by atomic mass is 16.6. The molecule has 4 aromatic rings. The van der Waals surface area contributed by atoms with Gasteiger partial charge >= 0.3 is 23.9 Å². The van der Waals surface area contributed by atoms with Crippen LogP contribution in [0, 0.1) is 47.3 Å². The van der Waals surface area contributed by atoms with E-state index < -0.39 is 57.4 Å². The van der Waals surface area contributed by atoms with E-state index in [1.165, 1.54) is 0 Å². The highest BCUT2D eigenvalue weighted by Crippen LogP contribution is 2.66. The fraction of sp³-hybridized carbons (Fsp3) is 0.387. The van der Waals surface area contributed by atoms with Crippen LogP contribution >= 0.6 is 0 Å². The minimum Gasteiger partial charge on any atom is -0.465 e. The third-order valence-electron chi connectivity index (χ3n) is 14.8. The van der Waals surface area contributed by atoms with Crippen LogP contribution < -0.4 is 0 Å². The number of Topliss-reactive ketones (excluding diaryl/α,β-unsaturated/α-hetero) is 2. The Morgan fingerprint density at radius 2 is 0.750 bits per heavy atom. The number of hydrogen-bond acceptors (Lipinski definition) is 10. The van der Waals surface area contributed by atoms with Gasteiger partial charge in [-0.1, -0.05) is 131 Å². The van der Waals surface area contributed by atoms with Gasteiger partial charge in [-0.2, -0.15) is 0 Å². The molecule has 10 heteroatoms. The van der Waals surface area contributed by atoms with Crippen LogP contribution in [0.3, 0.4) is 0 Å². The van der Waals surface area contributed by atoms with E-state index in [4.69, 9.17) is 18.9 Å². The standard InChI is InChI=1S/2C31H34O5/c2*1-7-35-28(33)31(29(34)36-8-2)18-30(6)26(22-11-9-10-12-23(22)27(30)32)25(24(31)17-19(3)4)21-15-13-20(5)14-16-21/h2*9-17,24H,7-8,18H2,1-6H3/t2*24-,30+/m00/s1. The van der Waals surface area contributed by atoms with E-state index in [0.717, 1.165) is 66.8 Å². The molecule has 0 amide bonds. The van der Waals surface area contributed by atoms with Crippen molar-refractivity contribution in [2.45, 2.75) is 95.9 Å². The van der Waals surface area contributed by atoms with Crippen molar-refractivity contribution < 1.29 is 47.7 Å². The number of ether oxygens (including phenoxy) is 4. The molecule has 376 valence electrons. The summed E-state index contributed by atoms with van der Waals surface area (Å²) in [5, 5.41) is 0. The first-order valence-corrected chi connectivity index (χ1v) is 25.1. The Morgan fingerprint density at radius 1 is 0.472 bits per heavy atom. The highest BCUT2D eigenvalue weighted by Gasteiger charge is 2.67.